The van der Waals surface area contributed by atoms with Crippen LogP contribution in [0.15, 0.2) is 18.2 Å². The summed E-state index contributed by atoms with van der Waals surface area (Å²) in [5, 5.41) is 11.7. The van der Waals surface area contributed by atoms with Crippen molar-refractivity contribution in [1.29, 1.82) is 0 Å². The molecule has 0 radical (unpaired) electrons. The monoisotopic (exact) mass is 325 g/mol. The van der Waals surface area contributed by atoms with Gasteiger partial charge in [0.15, 0.2) is 0 Å². The van der Waals surface area contributed by atoms with E-state index in [0.29, 0.717) is 10.6 Å². The van der Waals surface area contributed by atoms with Gasteiger partial charge < -0.3 is 10.4 Å². The van der Waals surface area contributed by atoms with Crippen molar-refractivity contribution in [1.82, 2.24) is 5.32 Å². The molecule has 0 aliphatic carbocycles. The predicted octanol–water partition coefficient (Wildman–Crippen LogP) is 1.67. The fourth-order valence-corrected chi connectivity index (χ4v) is 2.05. The lowest BCUT2D eigenvalue weighted by atomic mass is 10.2. The van der Waals surface area contributed by atoms with Gasteiger partial charge in [0, 0.05) is 15.1 Å². The highest BCUT2D eigenvalue weighted by atomic mass is 127. The number of aliphatic hydroxyl groups is 1. The molecule has 0 saturated heterocycles. The van der Waals surface area contributed by atoms with Crippen LogP contribution in [0.2, 0.25) is 5.02 Å². The summed E-state index contributed by atoms with van der Waals surface area (Å²) in [7, 11) is 0. The topological polar surface area (TPSA) is 49.3 Å². The summed E-state index contributed by atoms with van der Waals surface area (Å²) in [4.78, 5) is 11.5. The zero-order valence-electron chi connectivity index (χ0n) is 7.26. The van der Waals surface area contributed by atoms with E-state index < -0.39 is 0 Å². The highest BCUT2D eigenvalue weighted by Gasteiger charge is 2.08. The first-order chi connectivity index (χ1) is 6.65. The molecule has 0 heterocycles. The SMILES string of the molecule is O=C(NCCO)c1ccc(Cl)cc1I. The van der Waals surface area contributed by atoms with E-state index in [1.807, 2.05) is 22.6 Å². The van der Waals surface area contributed by atoms with Gasteiger partial charge in [0.2, 0.25) is 0 Å². The van der Waals surface area contributed by atoms with E-state index in [-0.39, 0.29) is 19.1 Å². The van der Waals surface area contributed by atoms with E-state index in [1.54, 1.807) is 18.2 Å². The van der Waals surface area contributed by atoms with Gasteiger partial charge in [-0.2, -0.15) is 0 Å². The number of hydrogen-bond acceptors (Lipinski definition) is 2. The molecule has 0 aliphatic heterocycles. The Bertz CT molecular complexity index is 344. The first-order valence-electron chi connectivity index (χ1n) is 3.99. The number of amides is 1. The maximum absolute atomic E-state index is 11.5. The third kappa shape index (κ3) is 3.11. The van der Waals surface area contributed by atoms with Crippen LogP contribution < -0.4 is 5.32 Å². The zero-order chi connectivity index (χ0) is 10.6. The summed E-state index contributed by atoms with van der Waals surface area (Å²) in [6, 6.07) is 5.05. The lowest BCUT2D eigenvalue weighted by Crippen LogP contribution is -2.26. The lowest BCUT2D eigenvalue weighted by Gasteiger charge is -2.05. The van der Waals surface area contributed by atoms with Crippen molar-refractivity contribution in [2.24, 2.45) is 0 Å². The zero-order valence-corrected chi connectivity index (χ0v) is 10.2. The molecule has 0 bridgehead atoms. The normalized spacial score (nSPS) is 9.93. The lowest BCUT2D eigenvalue weighted by molar-refractivity contribution is 0.0944. The number of carbonyl (C=O) groups is 1. The molecule has 0 fully saturated rings. The van der Waals surface area contributed by atoms with E-state index >= 15 is 0 Å². The van der Waals surface area contributed by atoms with Gasteiger partial charge in [-0.15, -0.1) is 0 Å². The maximum Gasteiger partial charge on any atom is 0.252 e. The molecule has 14 heavy (non-hydrogen) atoms. The standard InChI is InChI=1S/C9H9ClINO2/c10-6-1-2-7(8(11)5-6)9(14)12-3-4-13/h1-2,5,13H,3-4H2,(H,12,14). The van der Waals surface area contributed by atoms with Crippen molar-refractivity contribution in [2.75, 3.05) is 13.2 Å². The second kappa shape index (κ2) is 5.53. The third-order valence-corrected chi connectivity index (χ3v) is 2.70. The molecule has 1 rings (SSSR count). The number of carbonyl (C=O) groups excluding carboxylic acids is 1. The Morgan fingerprint density at radius 2 is 2.29 bits per heavy atom. The van der Waals surface area contributed by atoms with Crippen molar-refractivity contribution < 1.29 is 9.90 Å². The van der Waals surface area contributed by atoms with Crippen LogP contribution in [-0.4, -0.2) is 24.2 Å². The van der Waals surface area contributed by atoms with Gasteiger partial charge in [-0.1, -0.05) is 11.6 Å². The summed E-state index contributed by atoms with van der Waals surface area (Å²) in [6.07, 6.45) is 0. The van der Waals surface area contributed by atoms with Crippen LogP contribution in [0.5, 0.6) is 0 Å². The van der Waals surface area contributed by atoms with E-state index in [4.69, 9.17) is 16.7 Å². The van der Waals surface area contributed by atoms with Crippen LogP contribution >= 0.6 is 34.2 Å². The molecule has 76 valence electrons. The first kappa shape index (κ1) is 11.7. The molecule has 0 saturated carbocycles. The summed E-state index contributed by atoms with van der Waals surface area (Å²) in [6.45, 7) is 0.202. The number of rotatable bonds is 3. The fourth-order valence-electron chi connectivity index (χ4n) is 0.938. The van der Waals surface area contributed by atoms with Gasteiger partial charge in [0.05, 0.1) is 12.2 Å². The Kier molecular flexibility index (Phi) is 4.64. The summed E-state index contributed by atoms with van der Waals surface area (Å²) in [5.41, 5.74) is 0.573. The molecule has 1 aromatic rings. The number of aliphatic hydroxyl groups excluding tert-OH is 1. The van der Waals surface area contributed by atoms with Gasteiger partial charge in [0.1, 0.15) is 0 Å². The van der Waals surface area contributed by atoms with Crippen molar-refractivity contribution >= 4 is 40.1 Å². The van der Waals surface area contributed by atoms with Gasteiger partial charge in [0.25, 0.3) is 5.91 Å². The Balaban J connectivity index is 2.80. The van der Waals surface area contributed by atoms with Crippen molar-refractivity contribution in [3.8, 4) is 0 Å². The number of hydrogen-bond donors (Lipinski definition) is 2. The van der Waals surface area contributed by atoms with Crippen LogP contribution in [0.1, 0.15) is 10.4 Å². The third-order valence-electron chi connectivity index (χ3n) is 1.57. The maximum atomic E-state index is 11.5. The van der Waals surface area contributed by atoms with Crippen molar-refractivity contribution in [2.45, 2.75) is 0 Å². The van der Waals surface area contributed by atoms with E-state index in [9.17, 15) is 4.79 Å². The molecule has 1 aromatic carbocycles. The van der Waals surface area contributed by atoms with Crippen LogP contribution in [0.25, 0.3) is 0 Å². The van der Waals surface area contributed by atoms with Crippen molar-refractivity contribution in [3.05, 3.63) is 32.4 Å². The molecule has 1 amide bonds. The molecule has 0 aliphatic rings. The average Bonchev–Trinajstić information content (AvgIpc) is 2.14. The quantitative estimate of drug-likeness (QED) is 0.831. The summed E-state index contributed by atoms with van der Waals surface area (Å²) in [5.74, 6) is -0.194. The molecule has 0 aromatic heterocycles. The molecule has 3 nitrogen and oxygen atoms in total. The predicted molar refractivity (Wildman–Crippen MR) is 63.6 cm³/mol. The number of benzene rings is 1. The minimum atomic E-state index is -0.194. The largest absolute Gasteiger partial charge is 0.395 e. The highest BCUT2D eigenvalue weighted by Crippen LogP contribution is 2.17. The summed E-state index contributed by atoms with van der Waals surface area (Å²) < 4.78 is 0.797. The molecule has 0 unspecified atom stereocenters. The smallest absolute Gasteiger partial charge is 0.252 e. The minimum absolute atomic E-state index is 0.0596. The molecule has 5 heteroatoms. The van der Waals surface area contributed by atoms with Crippen LogP contribution in [-0.2, 0) is 0 Å². The van der Waals surface area contributed by atoms with Crippen LogP contribution in [0.3, 0.4) is 0 Å². The highest BCUT2D eigenvalue weighted by molar-refractivity contribution is 14.1. The van der Waals surface area contributed by atoms with E-state index in [0.717, 1.165) is 3.57 Å². The summed E-state index contributed by atoms with van der Waals surface area (Å²) >= 11 is 7.79. The Hall–Kier alpha value is -0.330. The fraction of sp³-hybridized carbons (Fsp3) is 0.222. The minimum Gasteiger partial charge on any atom is -0.395 e. The second-order valence-electron chi connectivity index (χ2n) is 2.60. The Morgan fingerprint density at radius 3 is 2.86 bits per heavy atom. The Morgan fingerprint density at radius 1 is 1.57 bits per heavy atom. The first-order valence-corrected chi connectivity index (χ1v) is 5.45. The average molecular weight is 326 g/mol. The van der Waals surface area contributed by atoms with E-state index in [2.05, 4.69) is 5.32 Å². The van der Waals surface area contributed by atoms with Gasteiger partial charge >= 0.3 is 0 Å². The van der Waals surface area contributed by atoms with Gasteiger partial charge in [-0.05, 0) is 40.8 Å². The van der Waals surface area contributed by atoms with E-state index in [1.165, 1.54) is 0 Å². The van der Waals surface area contributed by atoms with Crippen LogP contribution in [0.4, 0.5) is 0 Å². The van der Waals surface area contributed by atoms with Gasteiger partial charge in [-0.25, -0.2) is 0 Å². The molecule has 0 spiro atoms. The molecule has 2 N–H and O–H groups in total. The van der Waals surface area contributed by atoms with Gasteiger partial charge in [-0.3, -0.25) is 4.79 Å². The van der Waals surface area contributed by atoms with Crippen molar-refractivity contribution in [3.63, 3.8) is 0 Å². The molecular weight excluding hydrogens is 316 g/mol. The van der Waals surface area contributed by atoms with Crippen LogP contribution in [0, 0.1) is 3.57 Å². The molecule has 0 atom stereocenters. The molecular formula is C9H9ClINO2. The number of nitrogens with one attached hydrogen (secondary N) is 1. The number of halogens is 2. The second-order valence-corrected chi connectivity index (χ2v) is 4.20. The Labute approximate surface area is 101 Å².